The summed E-state index contributed by atoms with van der Waals surface area (Å²) in [4.78, 5) is 22.8. The van der Waals surface area contributed by atoms with Gasteiger partial charge in [0.2, 0.25) is 10.0 Å². The average Bonchev–Trinajstić information content (AvgIpc) is 2.76. The van der Waals surface area contributed by atoms with Crippen LogP contribution >= 0.6 is 0 Å². The maximum absolute atomic E-state index is 12.4. The molecule has 2 aliphatic rings. The fourth-order valence-electron chi connectivity index (χ4n) is 4.29. The first kappa shape index (κ1) is 18.4. The molecule has 2 bridgehead atoms. The Hall–Kier alpha value is -0.950. The molecule has 0 radical (unpaired) electrons. The summed E-state index contributed by atoms with van der Waals surface area (Å²) in [6, 6.07) is 0. The van der Waals surface area contributed by atoms with Crippen LogP contribution in [0.3, 0.4) is 0 Å². The Labute approximate surface area is 138 Å². The number of carboxylic acids is 1. The lowest BCUT2D eigenvalue weighted by Gasteiger charge is -2.36. The molecular weight excluding hydrogens is 318 g/mol. The fraction of sp³-hybridized carbons (Fsp3) is 0.875. The molecule has 2 N–H and O–H groups in total. The lowest BCUT2D eigenvalue weighted by Crippen LogP contribution is -2.45. The number of carbonyl (C=O) groups is 2. The van der Waals surface area contributed by atoms with Crippen molar-refractivity contribution in [2.75, 3.05) is 12.3 Å². The molecule has 2 fully saturated rings. The van der Waals surface area contributed by atoms with Crippen LogP contribution in [0, 0.1) is 16.7 Å². The minimum atomic E-state index is -3.50. The number of carbonyl (C=O) groups excluding carboxylic acids is 1. The zero-order valence-electron chi connectivity index (χ0n) is 13.9. The summed E-state index contributed by atoms with van der Waals surface area (Å²) in [5.41, 5.74) is -0.979. The van der Waals surface area contributed by atoms with Crippen LogP contribution in [-0.2, 0) is 19.6 Å². The molecule has 2 saturated carbocycles. The molecule has 0 aromatic rings. The first-order valence-electron chi connectivity index (χ1n) is 8.33. The predicted octanol–water partition coefficient (Wildman–Crippen LogP) is 1.95. The maximum atomic E-state index is 12.4. The van der Waals surface area contributed by atoms with Crippen LogP contribution in [0.5, 0.6) is 0 Å². The summed E-state index contributed by atoms with van der Waals surface area (Å²) < 4.78 is 27.4. The Morgan fingerprint density at radius 2 is 2.00 bits per heavy atom. The molecule has 2 rings (SSSR count). The van der Waals surface area contributed by atoms with E-state index in [9.17, 15) is 18.0 Å². The summed E-state index contributed by atoms with van der Waals surface area (Å²) in [6.45, 7) is 4.35. The number of hydrogen-bond acceptors (Lipinski definition) is 4. The number of carboxylic acid groups (broad SMARTS) is 1. The van der Waals surface area contributed by atoms with Crippen molar-refractivity contribution in [3.63, 3.8) is 0 Å². The minimum absolute atomic E-state index is 0.102. The normalized spacial score (nSPS) is 29.1. The van der Waals surface area contributed by atoms with Crippen LogP contribution in [0.1, 0.15) is 58.8 Å². The number of hydrogen-bond donors (Lipinski definition) is 2. The first-order valence-corrected chi connectivity index (χ1v) is 9.98. The molecule has 0 unspecified atom stereocenters. The molecular formula is C16H27NO5S. The number of sulfonamides is 1. The SMILES string of the molecule is CC1(C)[C@H]2CC[C@@]1(CS(=O)(=O)NCCCCCC(=O)O)C(=O)C2. The molecule has 132 valence electrons. The molecule has 23 heavy (non-hydrogen) atoms. The van der Waals surface area contributed by atoms with Crippen LogP contribution in [0.2, 0.25) is 0 Å². The molecule has 2 aliphatic carbocycles. The van der Waals surface area contributed by atoms with E-state index in [1.54, 1.807) is 0 Å². The lowest BCUT2D eigenvalue weighted by molar-refractivity contribution is -0.137. The molecule has 0 aromatic heterocycles. The lowest BCUT2D eigenvalue weighted by atomic mass is 9.70. The van der Waals surface area contributed by atoms with E-state index < -0.39 is 21.4 Å². The monoisotopic (exact) mass is 345 g/mol. The third-order valence-corrected chi connectivity index (χ3v) is 7.48. The summed E-state index contributed by atoms with van der Waals surface area (Å²) >= 11 is 0. The van der Waals surface area contributed by atoms with Crippen molar-refractivity contribution in [1.29, 1.82) is 0 Å². The number of fused-ring (bicyclic) bond motifs is 2. The largest absolute Gasteiger partial charge is 0.481 e. The minimum Gasteiger partial charge on any atom is -0.481 e. The highest BCUT2D eigenvalue weighted by atomic mass is 32.2. The van der Waals surface area contributed by atoms with Gasteiger partial charge in [0.25, 0.3) is 0 Å². The fourth-order valence-corrected chi connectivity index (χ4v) is 6.17. The standard InChI is InChI=1S/C16H27NO5S/c1-15(2)12-7-8-16(15,13(18)10-12)11-23(21,22)17-9-5-3-4-6-14(19)20/h12,17H,3-11H2,1-2H3,(H,19,20)/t12-,16+/m0/s1. The van der Waals surface area contributed by atoms with Crippen molar-refractivity contribution in [3.8, 4) is 0 Å². The molecule has 7 heteroatoms. The van der Waals surface area contributed by atoms with Crippen LogP contribution in [0.25, 0.3) is 0 Å². The molecule has 0 aromatic carbocycles. The van der Waals surface area contributed by atoms with Gasteiger partial charge in [0.05, 0.1) is 5.75 Å². The van der Waals surface area contributed by atoms with Gasteiger partial charge >= 0.3 is 5.97 Å². The third-order valence-electron chi connectivity index (χ3n) is 5.96. The van der Waals surface area contributed by atoms with E-state index in [1.165, 1.54) is 0 Å². The Bertz CT molecular complexity index is 583. The van der Waals surface area contributed by atoms with Crippen LogP contribution < -0.4 is 4.72 Å². The third kappa shape index (κ3) is 3.60. The Morgan fingerprint density at radius 1 is 1.30 bits per heavy atom. The van der Waals surface area contributed by atoms with Gasteiger partial charge in [-0.05, 0) is 37.0 Å². The smallest absolute Gasteiger partial charge is 0.303 e. The van der Waals surface area contributed by atoms with Gasteiger partial charge in [-0.25, -0.2) is 13.1 Å². The molecule has 6 nitrogen and oxygen atoms in total. The quantitative estimate of drug-likeness (QED) is 0.622. The molecule has 2 atom stereocenters. The average molecular weight is 345 g/mol. The van der Waals surface area contributed by atoms with Crippen LogP contribution in [0.15, 0.2) is 0 Å². The Morgan fingerprint density at radius 3 is 2.52 bits per heavy atom. The van der Waals surface area contributed by atoms with E-state index in [4.69, 9.17) is 5.11 Å². The second-order valence-corrected chi connectivity index (χ2v) is 9.33. The van der Waals surface area contributed by atoms with Crippen molar-refractivity contribution < 1.29 is 23.1 Å². The van der Waals surface area contributed by atoms with E-state index in [2.05, 4.69) is 4.72 Å². The molecule has 0 amide bonds. The van der Waals surface area contributed by atoms with Crippen molar-refractivity contribution in [2.45, 2.75) is 58.8 Å². The summed E-state index contributed by atoms with van der Waals surface area (Å²) in [5.74, 6) is -0.536. The van der Waals surface area contributed by atoms with Crippen molar-refractivity contribution in [2.24, 2.45) is 16.7 Å². The van der Waals surface area contributed by atoms with Gasteiger partial charge in [-0.2, -0.15) is 0 Å². The van der Waals surface area contributed by atoms with Crippen molar-refractivity contribution in [1.82, 2.24) is 4.72 Å². The Balaban J connectivity index is 1.86. The summed E-state index contributed by atoms with van der Waals surface area (Å²) in [7, 11) is -3.50. The Kier molecular flexibility index (Phi) is 5.21. The van der Waals surface area contributed by atoms with Gasteiger partial charge in [0.1, 0.15) is 5.78 Å². The van der Waals surface area contributed by atoms with Gasteiger partial charge in [-0.3, -0.25) is 9.59 Å². The van der Waals surface area contributed by atoms with Gasteiger partial charge in [-0.15, -0.1) is 0 Å². The first-order chi connectivity index (χ1) is 10.6. The highest BCUT2D eigenvalue weighted by Gasteiger charge is 2.65. The van der Waals surface area contributed by atoms with Crippen molar-refractivity contribution in [3.05, 3.63) is 0 Å². The van der Waals surface area contributed by atoms with Crippen LogP contribution in [-0.4, -0.2) is 37.6 Å². The zero-order valence-corrected chi connectivity index (χ0v) is 14.7. The van der Waals surface area contributed by atoms with E-state index in [-0.39, 0.29) is 23.4 Å². The van der Waals surface area contributed by atoms with Gasteiger partial charge in [-0.1, -0.05) is 20.3 Å². The predicted molar refractivity (Wildman–Crippen MR) is 86.5 cm³/mol. The maximum Gasteiger partial charge on any atom is 0.303 e. The highest BCUT2D eigenvalue weighted by Crippen LogP contribution is 2.64. The van der Waals surface area contributed by atoms with E-state index in [1.807, 2.05) is 13.8 Å². The second-order valence-electron chi connectivity index (χ2n) is 7.52. The number of Topliss-reactive ketones (excluding diaryl/α,β-unsaturated/α-hetero) is 1. The highest BCUT2D eigenvalue weighted by molar-refractivity contribution is 7.89. The molecule has 0 aliphatic heterocycles. The molecule has 0 spiro atoms. The van der Waals surface area contributed by atoms with Crippen LogP contribution in [0.4, 0.5) is 0 Å². The number of rotatable bonds is 9. The topological polar surface area (TPSA) is 101 Å². The van der Waals surface area contributed by atoms with E-state index >= 15 is 0 Å². The van der Waals surface area contributed by atoms with Gasteiger partial charge in [0.15, 0.2) is 0 Å². The molecule has 0 saturated heterocycles. The number of ketones is 1. The molecule has 0 heterocycles. The number of unbranched alkanes of at least 4 members (excludes halogenated alkanes) is 2. The van der Waals surface area contributed by atoms with E-state index in [0.717, 1.165) is 6.42 Å². The van der Waals surface area contributed by atoms with Crippen molar-refractivity contribution >= 4 is 21.8 Å². The number of aliphatic carboxylic acids is 1. The van der Waals surface area contributed by atoms with E-state index in [0.29, 0.717) is 44.6 Å². The van der Waals surface area contributed by atoms with Gasteiger partial charge < -0.3 is 5.11 Å². The number of nitrogens with one attached hydrogen (secondary N) is 1. The van der Waals surface area contributed by atoms with Gasteiger partial charge in [0, 0.05) is 24.8 Å². The summed E-state index contributed by atoms with van der Waals surface area (Å²) in [5, 5.41) is 8.55. The summed E-state index contributed by atoms with van der Waals surface area (Å²) in [6.07, 6.45) is 4.06. The zero-order chi connectivity index (χ0) is 17.3. The second kappa shape index (κ2) is 6.51.